The molecule has 94 valence electrons. The maximum atomic E-state index is 9.00. The monoisotopic (exact) mass is 238 g/mol. The van der Waals surface area contributed by atoms with E-state index >= 15 is 0 Å². The van der Waals surface area contributed by atoms with Crippen molar-refractivity contribution in [1.82, 2.24) is 4.98 Å². The molecule has 0 saturated heterocycles. The van der Waals surface area contributed by atoms with Crippen LogP contribution in [0, 0.1) is 5.41 Å². The van der Waals surface area contributed by atoms with Gasteiger partial charge in [-0.3, -0.25) is 5.41 Å². The highest BCUT2D eigenvalue weighted by Gasteiger charge is 2.08. The van der Waals surface area contributed by atoms with Crippen molar-refractivity contribution in [2.45, 2.75) is 0 Å². The number of nitrogens with zero attached hydrogens (tertiary/aromatic N) is 2. The zero-order valence-corrected chi connectivity index (χ0v) is 9.89. The lowest BCUT2D eigenvalue weighted by Gasteiger charge is -2.22. The zero-order valence-electron chi connectivity index (χ0n) is 9.89. The number of aliphatic hydroxyl groups excluding tert-OH is 1. The SMILES string of the molecule is COCCN(CCO)c1cccc(C(=N)N)n1. The molecule has 0 radical (unpaired) electrons. The molecule has 1 aromatic rings. The Balaban J connectivity index is 2.84. The third-order valence-electron chi connectivity index (χ3n) is 2.27. The summed E-state index contributed by atoms with van der Waals surface area (Å²) in [4.78, 5) is 6.14. The van der Waals surface area contributed by atoms with Crippen molar-refractivity contribution in [3.8, 4) is 0 Å². The van der Waals surface area contributed by atoms with E-state index in [1.54, 1.807) is 19.2 Å². The van der Waals surface area contributed by atoms with Crippen LogP contribution in [0.5, 0.6) is 0 Å². The predicted octanol–water partition coefficient (Wildman–Crippen LogP) is -0.189. The summed E-state index contributed by atoms with van der Waals surface area (Å²) in [5.41, 5.74) is 5.82. The minimum atomic E-state index is -0.0671. The van der Waals surface area contributed by atoms with Crippen molar-refractivity contribution in [2.75, 3.05) is 38.3 Å². The maximum Gasteiger partial charge on any atom is 0.141 e. The van der Waals surface area contributed by atoms with Crippen LogP contribution in [-0.2, 0) is 4.74 Å². The standard InChI is InChI=1S/C11H18N4O2/c1-17-8-6-15(5-7-16)10-4-2-3-9(14-10)11(12)13/h2-4,16H,5-8H2,1H3,(H3,12,13). The number of nitrogens with two attached hydrogens (primary N) is 1. The van der Waals surface area contributed by atoms with Crippen LogP contribution in [0.3, 0.4) is 0 Å². The Hall–Kier alpha value is -1.66. The Morgan fingerprint density at radius 1 is 1.53 bits per heavy atom. The molecule has 6 nitrogen and oxygen atoms in total. The molecule has 0 unspecified atom stereocenters. The van der Waals surface area contributed by atoms with E-state index in [-0.39, 0.29) is 12.4 Å². The molecule has 6 heteroatoms. The smallest absolute Gasteiger partial charge is 0.141 e. The number of hydrogen-bond donors (Lipinski definition) is 3. The Bertz CT molecular complexity index is 370. The molecule has 0 aliphatic rings. The van der Waals surface area contributed by atoms with Gasteiger partial charge in [-0.1, -0.05) is 6.07 Å². The molecule has 1 heterocycles. The van der Waals surface area contributed by atoms with Gasteiger partial charge in [0.15, 0.2) is 0 Å². The quantitative estimate of drug-likeness (QED) is 0.452. The van der Waals surface area contributed by atoms with Gasteiger partial charge in [-0.15, -0.1) is 0 Å². The summed E-state index contributed by atoms with van der Waals surface area (Å²) in [6.07, 6.45) is 0. The maximum absolute atomic E-state index is 9.00. The second-order valence-electron chi connectivity index (χ2n) is 3.50. The molecule has 0 aliphatic heterocycles. The number of hydrogen-bond acceptors (Lipinski definition) is 5. The molecule has 0 fully saturated rings. The Morgan fingerprint density at radius 3 is 2.88 bits per heavy atom. The van der Waals surface area contributed by atoms with Gasteiger partial charge in [0.05, 0.1) is 13.2 Å². The fourth-order valence-electron chi connectivity index (χ4n) is 1.41. The number of nitrogen functional groups attached to an aromatic ring is 1. The molecule has 0 bridgehead atoms. The number of amidine groups is 1. The highest BCUT2D eigenvalue weighted by molar-refractivity contribution is 5.93. The minimum Gasteiger partial charge on any atom is -0.395 e. The van der Waals surface area contributed by atoms with E-state index in [0.717, 1.165) is 0 Å². The van der Waals surface area contributed by atoms with Crippen molar-refractivity contribution in [2.24, 2.45) is 5.73 Å². The van der Waals surface area contributed by atoms with E-state index in [1.807, 2.05) is 11.0 Å². The molecule has 1 rings (SSSR count). The van der Waals surface area contributed by atoms with Crippen LogP contribution < -0.4 is 10.6 Å². The minimum absolute atomic E-state index is 0.0374. The topological polar surface area (TPSA) is 95.5 Å². The Labute approximate surface area is 101 Å². The van der Waals surface area contributed by atoms with Crippen molar-refractivity contribution in [3.63, 3.8) is 0 Å². The van der Waals surface area contributed by atoms with Crippen LogP contribution in [0.1, 0.15) is 5.69 Å². The van der Waals surface area contributed by atoms with Crippen LogP contribution in [0.4, 0.5) is 5.82 Å². The van der Waals surface area contributed by atoms with Gasteiger partial charge in [-0.2, -0.15) is 0 Å². The van der Waals surface area contributed by atoms with Crippen LogP contribution in [-0.4, -0.2) is 49.3 Å². The van der Waals surface area contributed by atoms with Crippen LogP contribution in [0.2, 0.25) is 0 Å². The van der Waals surface area contributed by atoms with Gasteiger partial charge in [0.25, 0.3) is 0 Å². The third kappa shape index (κ3) is 4.01. The van der Waals surface area contributed by atoms with E-state index in [2.05, 4.69) is 4.98 Å². The zero-order chi connectivity index (χ0) is 12.7. The first-order valence-corrected chi connectivity index (χ1v) is 5.35. The van der Waals surface area contributed by atoms with Gasteiger partial charge in [0, 0.05) is 20.2 Å². The number of aromatic nitrogens is 1. The highest BCUT2D eigenvalue weighted by atomic mass is 16.5. The Kier molecular flexibility index (Phi) is 5.38. The van der Waals surface area contributed by atoms with Crippen molar-refractivity contribution in [3.05, 3.63) is 23.9 Å². The van der Waals surface area contributed by atoms with E-state index in [1.165, 1.54) is 0 Å². The van der Waals surface area contributed by atoms with Crippen LogP contribution in [0.15, 0.2) is 18.2 Å². The summed E-state index contributed by atoms with van der Waals surface area (Å²) in [5.74, 6) is 0.617. The fraction of sp³-hybridized carbons (Fsp3) is 0.455. The van der Waals surface area contributed by atoms with Gasteiger partial charge in [0.1, 0.15) is 17.3 Å². The fourth-order valence-corrected chi connectivity index (χ4v) is 1.41. The average Bonchev–Trinajstić information content (AvgIpc) is 2.34. The molecule has 0 saturated carbocycles. The molecule has 17 heavy (non-hydrogen) atoms. The predicted molar refractivity (Wildman–Crippen MR) is 66.4 cm³/mol. The van der Waals surface area contributed by atoms with Gasteiger partial charge in [-0.05, 0) is 12.1 Å². The second-order valence-corrected chi connectivity index (χ2v) is 3.50. The first-order valence-electron chi connectivity index (χ1n) is 5.35. The summed E-state index contributed by atoms with van der Waals surface area (Å²) in [7, 11) is 1.62. The van der Waals surface area contributed by atoms with Crippen LogP contribution in [0.25, 0.3) is 0 Å². The average molecular weight is 238 g/mol. The first-order chi connectivity index (χ1) is 8.19. The van der Waals surface area contributed by atoms with Gasteiger partial charge in [0.2, 0.25) is 0 Å². The molecule has 0 aromatic carbocycles. The summed E-state index contributed by atoms with van der Waals surface area (Å²) in [6, 6.07) is 5.29. The third-order valence-corrected chi connectivity index (χ3v) is 2.27. The van der Waals surface area contributed by atoms with Gasteiger partial charge >= 0.3 is 0 Å². The summed E-state index contributed by atoms with van der Waals surface area (Å²) >= 11 is 0. The largest absolute Gasteiger partial charge is 0.395 e. The number of anilines is 1. The summed E-state index contributed by atoms with van der Waals surface area (Å²) in [6.45, 7) is 1.69. The van der Waals surface area contributed by atoms with E-state index in [9.17, 15) is 0 Å². The number of methoxy groups -OCH3 is 1. The summed E-state index contributed by atoms with van der Waals surface area (Å²) in [5, 5.41) is 16.3. The molecule has 0 amide bonds. The van der Waals surface area contributed by atoms with E-state index in [0.29, 0.717) is 31.2 Å². The Morgan fingerprint density at radius 2 is 2.29 bits per heavy atom. The number of nitrogens with one attached hydrogen (secondary N) is 1. The lowest BCUT2D eigenvalue weighted by molar-refractivity contribution is 0.202. The lowest BCUT2D eigenvalue weighted by Crippen LogP contribution is -2.31. The van der Waals surface area contributed by atoms with Crippen molar-refractivity contribution < 1.29 is 9.84 Å². The van der Waals surface area contributed by atoms with Crippen molar-refractivity contribution in [1.29, 1.82) is 5.41 Å². The molecule has 1 aromatic heterocycles. The number of pyridine rings is 1. The number of ether oxygens (including phenoxy) is 1. The molecule has 0 aliphatic carbocycles. The van der Waals surface area contributed by atoms with Crippen molar-refractivity contribution >= 4 is 11.7 Å². The summed E-state index contributed by atoms with van der Waals surface area (Å²) < 4.78 is 5.00. The molecular formula is C11H18N4O2. The normalized spacial score (nSPS) is 10.2. The lowest BCUT2D eigenvalue weighted by atomic mass is 10.3. The molecule has 0 spiro atoms. The molecular weight excluding hydrogens is 220 g/mol. The number of aliphatic hydroxyl groups is 1. The van der Waals surface area contributed by atoms with Gasteiger partial charge < -0.3 is 20.5 Å². The van der Waals surface area contributed by atoms with Gasteiger partial charge in [-0.25, -0.2) is 4.98 Å². The second kappa shape index (κ2) is 6.82. The highest BCUT2D eigenvalue weighted by Crippen LogP contribution is 2.10. The molecule has 0 atom stereocenters. The van der Waals surface area contributed by atoms with E-state index in [4.69, 9.17) is 21.0 Å². The number of rotatable bonds is 7. The van der Waals surface area contributed by atoms with E-state index < -0.39 is 0 Å². The van der Waals surface area contributed by atoms with Crippen LogP contribution >= 0.6 is 0 Å². The molecule has 4 N–H and O–H groups in total. The first kappa shape index (κ1) is 13.4.